The lowest BCUT2D eigenvalue weighted by molar-refractivity contribution is -0.139. The summed E-state index contributed by atoms with van der Waals surface area (Å²) in [5.74, 6) is -0.938. The molecule has 4 nitrogen and oxygen atoms in total. The molecule has 0 heterocycles. The second-order valence-electron chi connectivity index (χ2n) is 3.03. The Labute approximate surface area is 85.6 Å². The minimum atomic E-state index is -1.38. The molecular weight excluding hydrogens is 200 g/mol. The molecule has 0 rings (SSSR count). The number of hydrogen-bond donors (Lipinski definition) is 0. The van der Waals surface area contributed by atoms with Crippen molar-refractivity contribution in [3.63, 3.8) is 0 Å². The van der Waals surface area contributed by atoms with Crippen molar-refractivity contribution in [2.24, 2.45) is 0 Å². The molecule has 14 heavy (non-hydrogen) atoms. The SMILES string of the molecule is CCOC(=O)/C(C)=C/C(=O)O[SiH](C)C. The van der Waals surface area contributed by atoms with Crippen LogP contribution in [0.25, 0.3) is 0 Å². The topological polar surface area (TPSA) is 52.6 Å². The molecule has 0 radical (unpaired) electrons. The van der Waals surface area contributed by atoms with Gasteiger partial charge in [-0.05, 0) is 26.9 Å². The van der Waals surface area contributed by atoms with Crippen LogP contribution < -0.4 is 0 Å². The van der Waals surface area contributed by atoms with Crippen molar-refractivity contribution in [2.75, 3.05) is 6.61 Å². The van der Waals surface area contributed by atoms with Gasteiger partial charge >= 0.3 is 11.9 Å². The number of hydrogen-bond acceptors (Lipinski definition) is 4. The maximum atomic E-state index is 11.1. The van der Waals surface area contributed by atoms with Crippen LogP contribution in [0.3, 0.4) is 0 Å². The predicted molar refractivity (Wildman–Crippen MR) is 55.4 cm³/mol. The highest BCUT2D eigenvalue weighted by atomic mass is 28.3. The Hall–Kier alpha value is -1.10. The van der Waals surface area contributed by atoms with Gasteiger partial charge in [-0.1, -0.05) is 0 Å². The third-order valence-electron chi connectivity index (χ3n) is 1.28. The average Bonchev–Trinajstić information content (AvgIpc) is 2.02. The zero-order valence-corrected chi connectivity index (χ0v) is 10.1. The standard InChI is InChI=1S/C9H16O4Si/c1-5-12-9(11)7(2)6-8(10)13-14(3)4/h6,14H,5H2,1-4H3/b7-6+. The first kappa shape index (κ1) is 12.9. The van der Waals surface area contributed by atoms with Gasteiger partial charge < -0.3 is 9.16 Å². The molecule has 0 amide bonds. The van der Waals surface area contributed by atoms with Crippen molar-refractivity contribution in [3.05, 3.63) is 11.6 Å². The van der Waals surface area contributed by atoms with Crippen molar-refractivity contribution < 1.29 is 18.8 Å². The Balaban J connectivity index is 4.22. The van der Waals surface area contributed by atoms with Gasteiger partial charge in [0, 0.05) is 11.6 Å². The summed E-state index contributed by atoms with van der Waals surface area (Å²) in [5, 5.41) is 0. The number of carbonyl (C=O) groups is 2. The lowest BCUT2D eigenvalue weighted by Crippen LogP contribution is -2.15. The fraction of sp³-hybridized carbons (Fsp3) is 0.556. The van der Waals surface area contributed by atoms with Crippen molar-refractivity contribution in [2.45, 2.75) is 26.9 Å². The molecule has 5 heteroatoms. The molecule has 0 aliphatic rings. The molecule has 0 unspecified atom stereocenters. The first-order valence-corrected chi connectivity index (χ1v) is 7.31. The van der Waals surface area contributed by atoms with E-state index in [1.807, 2.05) is 13.1 Å². The molecule has 0 saturated heterocycles. The molecule has 80 valence electrons. The molecule has 0 spiro atoms. The maximum absolute atomic E-state index is 11.1. The second-order valence-corrected chi connectivity index (χ2v) is 5.37. The van der Waals surface area contributed by atoms with Crippen molar-refractivity contribution >= 4 is 21.0 Å². The number of esters is 1. The molecule has 0 aliphatic heterocycles. The maximum Gasteiger partial charge on any atom is 0.333 e. The van der Waals surface area contributed by atoms with Crippen LogP contribution in [0.1, 0.15) is 13.8 Å². The van der Waals surface area contributed by atoms with E-state index in [0.29, 0.717) is 6.61 Å². The van der Waals surface area contributed by atoms with Gasteiger partial charge in [-0.25, -0.2) is 9.59 Å². The fourth-order valence-electron chi connectivity index (χ4n) is 0.747. The lowest BCUT2D eigenvalue weighted by Gasteiger charge is -2.05. The first-order valence-electron chi connectivity index (χ1n) is 4.53. The molecule has 0 fully saturated rings. The first-order chi connectivity index (χ1) is 6.47. The fourth-order valence-corrected chi connectivity index (χ4v) is 1.28. The van der Waals surface area contributed by atoms with Crippen molar-refractivity contribution in [3.8, 4) is 0 Å². The quantitative estimate of drug-likeness (QED) is 0.400. The van der Waals surface area contributed by atoms with Crippen LogP contribution in [0.2, 0.25) is 13.1 Å². The Morgan fingerprint density at radius 2 is 1.93 bits per heavy atom. The van der Waals surface area contributed by atoms with Gasteiger partial charge in [0.1, 0.15) is 0 Å². The van der Waals surface area contributed by atoms with Gasteiger partial charge in [0.2, 0.25) is 9.04 Å². The summed E-state index contributed by atoms with van der Waals surface area (Å²) in [6.45, 7) is 7.31. The van der Waals surface area contributed by atoms with Gasteiger partial charge in [0.05, 0.1) is 6.61 Å². The molecule has 0 saturated carbocycles. The Morgan fingerprint density at radius 3 is 2.36 bits per heavy atom. The van der Waals surface area contributed by atoms with E-state index in [9.17, 15) is 9.59 Å². The summed E-state index contributed by atoms with van der Waals surface area (Å²) >= 11 is 0. The van der Waals surface area contributed by atoms with Gasteiger partial charge in [-0.2, -0.15) is 0 Å². The largest absolute Gasteiger partial charge is 0.519 e. The van der Waals surface area contributed by atoms with Crippen molar-refractivity contribution in [1.29, 1.82) is 0 Å². The molecule has 0 bridgehead atoms. The van der Waals surface area contributed by atoms with E-state index in [1.165, 1.54) is 13.0 Å². The molecule has 0 aliphatic carbocycles. The molecule has 0 N–H and O–H groups in total. The molecule has 0 atom stereocenters. The third kappa shape index (κ3) is 5.53. The predicted octanol–water partition coefficient (Wildman–Crippen LogP) is 1.02. The van der Waals surface area contributed by atoms with Crippen molar-refractivity contribution in [1.82, 2.24) is 0 Å². The smallest absolute Gasteiger partial charge is 0.333 e. The highest BCUT2D eigenvalue weighted by Gasteiger charge is 2.09. The molecule has 0 aromatic carbocycles. The highest BCUT2D eigenvalue weighted by molar-refractivity contribution is 6.50. The van der Waals surface area contributed by atoms with E-state index >= 15 is 0 Å². The molecular formula is C9H16O4Si. The van der Waals surface area contributed by atoms with E-state index in [2.05, 4.69) is 0 Å². The average molecular weight is 216 g/mol. The van der Waals surface area contributed by atoms with E-state index in [4.69, 9.17) is 9.16 Å². The summed E-state index contributed by atoms with van der Waals surface area (Å²) in [4.78, 5) is 22.2. The molecule has 0 aromatic heterocycles. The summed E-state index contributed by atoms with van der Waals surface area (Å²) in [5.41, 5.74) is 0.270. The number of rotatable bonds is 4. The minimum Gasteiger partial charge on any atom is -0.519 e. The van der Waals surface area contributed by atoms with E-state index in [0.717, 1.165) is 0 Å². The minimum absolute atomic E-state index is 0.270. The highest BCUT2D eigenvalue weighted by Crippen LogP contribution is 1.98. The van der Waals surface area contributed by atoms with Gasteiger partial charge in [0.25, 0.3) is 0 Å². The normalized spacial score (nSPS) is 11.4. The van der Waals surface area contributed by atoms with Crippen LogP contribution >= 0.6 is 0 Å². The number of ether oxygens (including phenoxy) is 1. The Kier molecular flexibility index (Phi) is 5.86. The summed E-state index contributed by atoms with van der Waals surface area (Å²) in [6, 6.07) is 0. The number of carbonyl (C=O) groups excluding carboxylic acids is 2. The zero-order valence-electron chi connectivity index (χ0n) is 8.99. The van der Waals surface area contributed by atoms with Crippen LogP contribution in [0, 0.1) is 0 Å². The Bertz CT molecular complexity index is 245. The second kappa shape index (κ2) is 6.37. The van der Waals surface area contributed by atoms with Crippen LogP contribution in [0.5, 0.6) is 0 Å². The monoisotopic (exact) mass is 216 g/mol. The van der Waals surface area contributed by atoms with Gasteiger partial charge in [0.15, 0.2) is 0 Å². The summed E-state index contributed by atoms with van der Waals surface area (Å²) < 4.78 is 9.67. The van der Waals surface area contributed by atoms with E-state index in [1.54, 1.807) is 6.92 Å². The van der Waals surface area contributed by atoms with Crippen LogP contribution in [0.4, 0.5) is 0 Å². The molecule has 0 aromatic rings. The zero-order chi connectivity index (χ0) is 11.1. The lowest BCUT2D eigenvalue weighted by atomic mass is 10.3. The summed E-state index contributed by atoms with van der Waals surface area (Å²) in [7, 11) is -1.38. The third-order valence-corrected chi connectivity index (χ3v) is 1.99. The van der Waals surface area contributed by atoms with E-state index < -0.39 is 21.0 Å². The van der Waals surface area contributed by atoms with Gasteiger partial charge in [-0.3, -0.25) is 0 Å². The van der Waals surface area contributed by atoms with Crippen LogP contribution in [0.15, 0.2) is 11.6 Å². The van der Waals surface area contributed by atoms with Crippen LogP contribution in [-0.2, 0) is 18.8 Å². The van der Waals surface area contributed by atoms with Gasteiger partial charge in [-0.15, -0.1) is 0 Å². The Morgan fingerprint density at radius 1 is 1.36 bits per heavy atom. The van der Waals surface area contributed by atoms with Crippen LogP contribution in [-0.4, -0.2) is 27.6 Å². The summed E-state index contributed by atoms with van der Waals surface area (Å²) in [6.07, 6.45) is 1.17. The van der Waals surface area contributed by atoms with E-state index in [-0.39, 0.29) is 5.57 Å².